The molecule has 0 aliphatic rings. The van der Waals surface area contributed by atoms with Gasteiger partial charge in [-0.2, -0.15) is 0 Å². The van der Waals surface area contributed by atoms with Gasteiger partial charge in [0.2, 0.25) is 0 Å². The standard InChI is InChI=1S/C17H20N2O5S/c1-10-12(9-15(20)21)16(22)19(17(25)18-10)7-6-11-4-5-13(23-2)14(8-11)24-3/h4-5,8H,6-7,9H2,1-3H3,(H,18,25)(H,20,21). The number of hydrogen-bond donors (Lipinski definition) is 2. The maximum Gasteiger partial charge on any atom is 0.308 e. The Morgan fingerprint density at radius 2 is 1.96 bits per heavy atom. The zero-order valence-electron chi connectivity index (χ0n) is 14.3. The Hall–Kier alpha value is -2.61. The smallest absolute Gasteiger partial charge is 0.308 e. The van der Waals surface area contributed by atoms with Gasteiger partial charge in [0.25, 0.3) is 5.56 Å². The zero-order chi connectivity index (χ0) is 18.6. The fourth-order valence-corrected chi connectivity index (χ4v) is 2.89. The van der Waals surface area contributed by atoms with E-state index >= 15 is 0 Å². The number of rotatable bonds is 7. The van der Waals surface area contributed by atoms with E-state index in [1.54, 1.807) is 27.2 Å². The molecule has 0 bridgehead atoms. The van der Waals surface area contributed by atoms with Gasteiger partial charge < -0.3 is 19.6 Å². The molecule has 134 valence electrons. The average Bonchev–Trinajstić information content (AvgIpc) is 2.57. The number of nitrogens with zero attached hydrogens (tertiary/aromatic N) is 1. The number of aliphatic carboxylic acids is 1. The van der Waals surface area contributed by atoms with Crippen LogP contribution < -0.4 is 15.0 Å². The van der Waals surface area contributed by atoms with E-state index in [-0.39, 0.29) is 22.3 Å². The summed E-state index contributed by atoms with van der Waals surface area (Å²) in [5.41, 5.74) is 1.27. The van der Waals surface area contributed by atoms with Crippen LogP contribution in [0.15, 0.2) is 23.0 Å². The number of ether oxygens (including phenoxy) is 2. The average molecular weight is 364 g/mol. The summed E-state index contributed by atoms with van der Waals surface area (Å²) < 4.78 is 12.1. The second-order valence-corrected chi connectivity index (χ2v) is 5.89. The van der Waals surface area contributed by atoms with Crippen LogP contribution in [-0.2, 0) is 24.2 Å². The third-order valence-corrected chi connectivity index (χ3v) is 4.22. The number of H-pyrrole nitrogens is 1. The molecular weight excluding hydrogens is 344 g/mol. The maximum absolute atomic E-state index is 12.6. The summed E-state index contributed by atoms with van der Waals surface area (Å²) in [5.74, 6) is 0.171. The zero-order valence-corrected chi connectivity index (χ0v) is 15.1. The van der Waals surface area contributed by atoms with Crippen molar-refractivity contribution in [3.05, 3.63) is 50.1 Å². The van der Waals surface area contributed by atoms with E-state index in [1.807, 2.05) is 12.1 Å². The number of aryl methyl sites for hydroxylation is 2. The van der Waals surface area contributed by atoms with Gasteiger partial charge in [0.15, 0.2) is 16.3 Å². The largest absolute Gasteiger partial charge is 0.493 e. The fourth-order valence-electron chi connectivity index (χ4n) is 2.56. The van der Waals surface area contributed by atoms with Crippen molar-refractivity contribution >= 4 is 18.2 Å². The van der Waals surface area contributed by atoms with Crippen LogP contribution in [0.4, 0.5) is 0 Å². The van der Waals surface area contributed by atoms with Crippen molar-refractivity contribution < 1.29 is 19.4 Å². The molecule has 0 saturated heterocycles. The van der Waals surface area contributed by atoms with E-state index < -0.39 is 5.97 Å². The third-order valence-electron chi connectivity index (χ3n) is 3.90. The Labute approximate surface area is 149 Å². The van der Waals surface area contributed by atoms with Gasteiger partial charge in [-0.3, -0.25) is 14.2 Å². The number of carboxylic acids is 1. The second-order valence-electron chi connectivity index (χ2n) is 5.50. The van der Waals surface area contributed by atoms with E-state index in [2.05, 4.69) is 4.98 Å². The molecular formula is C17H20N2O5S. The lowest BCUT2D eigenvalue weighted by Gasteiger charge is -2.12. The summed E-state index contributed by atoms with van der Waals surface area (Å²) in [6.45, 7) is 1.98. The van der Waals surface area contributed by atoms with Gasteiger partial charge in [-0.25, -0.2) is 0 Å². The molecule has 2 N–H and O–H groups in total. The minimum Gasteiger partial charge on any atom is -0.493 e. The van der Waals surface area contributed by atoms with Crippen molar-refractivity contribution in [1.29, 1.82) is 0 Å². The first-order valence-electron chi connectivity index (χ1n) is 7.62. The van der Waals surface area contributed by atoms with Gasteiger partial charge in [0.1, 0.15) is 0 Å². The predicted octanol–water partition coefficient (Wildman–Crippen LogP) is 2.10. The van der Waals surface area contributed by atoms with E-state index in [1.165, 1.54) is 4.57 Å². The molecule has 7 nitrogen and oxygen atoms in total. The highest BCUT2D eigenvalue weighted by molar-refractivity contribution is 7.71. The molecule has 0 radical (unpaired) electrons. The number of aromatic nitrogens is 2. The van der Waals surface area contributed by atoms with Crippen LogP contribution in [0, 0.1) is 11.7 Å². The molecule has 0 aliphatic heterocycles. The minimum absolute atomic E-state index is 0.216. The molecule has 8 heteroatoms. The summed E-state index contributed by atoms with van der Waals surface area (Å²) in [7, 11) is 3.12. The maximum atomic E-state index is 12.6. The Morgan fingerprint density at radius 3 is 2.56 bits per heavy atom. The molecule has 0 fully saturated rings. The number of carbonyl (C=O) groups is 1. The predicted molar refractivity (Wildman–Crippen MR) is 95.2 cm³/mol. The van der Waals surface area contributed by atoms with E-state index in [0.717, 1.165) is 5.56 Å². The SMILES string of the molecule is COc1ccc(CCn2c(=S)[nH]c(C)c(CC(=O)O)c2=O)cc1OC. The van der Waals surface area contributed by atoms with Crippen LogP contribution >= 0.6 is 12.2 Å². The number of carboxylic acid groups (broad SMARTS) is 1. The van der Waals surface area contributed by atoms with Gasteiger partial charge in [-0.15, -0.1) is 0 Å². The molecule has 0 atom stereocenters. The molecule has 1 aromatic carbocycles. The molecule has 25 heavy (non-hydrogen) atoms. The first-order chi connectivity index (χ1) is 11.9. The van der Waals surface area contributed by atoms with Crippen molar-refractivity contribution in [2.45, 2.75) is 26.3 Å². The Balaban J connectivity index is 2.31. The van der Waals surface area contributed by atoms with E-state index in [9.17, 15) is 9.59 Å². The van der Waals surface area contributed by atoms with Gasteiger partial charge >= 0.3 is 5.97 Å². The molecule has 2 rings (SSSR count). The highest BCUT2D eigenvalue weighted by atomic mass is 32.1. The topological polar surface area (TPSA) is 93.5 Å². The Morgan fingerprint density at radius 1 is 1.28 bits per heavy atom. The van der Waals surface area contributed by atoms with Crippen LogP contribution in [0.5, 0.6) is 11.5 Å². The number of benzene rings is 1. The normalized spacial score (nSPS) is 10.5. The number of hydrogen-bond acceptors (Lipinski definition) is 5. The molecule has 0 aliphatic carbocycles. The number of methoxy groups -OCH3 is 2. The third kappa shape index (κ3) is 4.27. The fraction of sp³-hybridized carbons (Fsp3) is 0.353. The first kappa shape index (κ1) is 18.7. The van der Waals surface area contributed by atoms with Gasteiger partial charge in [-0.05, 0) is 43.3 Å². The van der Waals surface area contributed by atoms with Crippen LogP contribution in [0.3, 0.4) is 0 Å². The first-order valence-corrected chi connectivity index (χ1v) is 8.03. The van der Waals surface area contributed by atoms with Gasteiger partial charge in [-0.1, -0.05) is 6.07 Å². The molecule has 1 heterocycles. The summed E-state index contributed by atoms with van der Waals surface area (Å²) in [6.07, 6.45) is 0.195. The van der Waals surface area contributed by atoms with E-state index in [4.69, 9.17) is 26.8 Å². The molecule has 0 amide bonds. The summed E-state index contributed by atoms with van der Waals surface area (Å²) in [5, 5.41) is 8.98. The van der Waals surface area contributed by atoms with Crippen molar-refractivity contribution in [3.8, 4) is 11.5 Å². The van der Waals surface area contributed by atoms with Crippen LogP contribution in [0.1, 0.15) is 16.8 Å². The molecule has 0 saturated carbocycles. The monoisotopic (exact) mass is 364 g/mol. The molecule has 0 spiro atoms. The molecule has 2 aromatic rings. The van der Waals surface area contributed by atoms with Crippen LogP contribution in [-0.4, -0.2) is 34.8 Å². The van der Waals surface area contributed by atoms with Crippen LogP contribution in [0.25, 0.3) is 0 Å². The van der Waals surface area contributed by atoms with Crippen LogP contribution in [0.2, 0.25) is 0 Å². The van der Waals surface area contributed by atoms with E-state index in [0.29, 0.717) is 30.2 Å². The Bertz CT molecular complexity index is 901. The molecule has 0 unspecified atom stereocenters. The lowest BCUT2D eigenvalue weighted by atomic mass is 10.1. The van der Waals surface area contributed by atoms with Gasteiger partial charge in [0, 0.05) is 17.8 Å². The summed E-state index contributed by atoms with van der Waals surface area (Å²) in [4.78, 5) is 26.4. The highest BCUT2D eigenvalue weighted by Gasteiger charge is 2.13. The lowest BCUT2D eigenvalue weighted by molar-refractivity contribution is -0.136. The summed E-state index contributed by atoms with van der Waals surface area (Å²) in [6, 6.07) is 5.51. The van der Waals surface area contributed by atoms with Crippen molar-refractivity contribution in [3.63, 3.8) is 0 Å². The Kier molecular flexibility index (Phi) is 5.97. The minimum atomic E-state index is -1.06. The van der Waals surface area contributed by atoms with Crippen molar-refractivity contribution in [2.24, 2.45) is 0 Å². The summed E-state index contributed by atoms with van der Waals surface area (Å²) >= 11 is 5.22. The molecule has 1 aromatic heterocycles. The number of nitrogens with one attached hydrogen (secondary N) is 1. The second kappa shape index (κ2) is 7.98. The van der Waals surface area contributed by atoms with Crippen molar-refractivity contribution in [1.82, 2.24) is 9.55 Å². The lowest BCUT2D eigenvalue weighted by Crippen LogP contribution is -2.29. The van der Waals surface area contributed by atoms with Crippen molar-refractivity contribution in [2.75, 3.05) is 14.2 Å². The van der Waals surface area contributed by atoms with Gasteiger partial charge in [0.05, 0.1) is 20.6 Å². The quantitative estimate of drug-likeness (QED) is 0.731. The number of aromatic amines is 1. The highest BCUT2D eigenvalue weighted by Crippen LogP contribution is 2.27.